The molecule has 0 N–H and O–H groups in total. The van der Waals surface area contributed by atoms with Gasteiger partial charge in [-0.25, -0.2) is 24.3 Å². The van der Waals surface area contributed by atoms with E-state index in [1.807, 2.05) is 60.7 Å². The van der Waals surface area contributed by atoms with Crippen molar-refractivity contribution in [2.45, 2.75) is 0 Å². The Bertz CT molecular complexity index is 161. The fraction of sp³-hybridized carbons (Fsp3) is 0. The summed E-state index contributed by atoms with van der Waals surface area (Å²) in [4.78, 5) is 0. The predicted molar refractivity (Wildman–Crippen MR) is 51.7 cm³/mol. The van der Waals surface area contributed by atoms with Gasteiger partial charge in [0, 0.05) is 0 Å². The maximum absolute atomic E-state index is 3.83. The van der Waals surface area contributed by atoms with Gasteiger partial charge in [0.25, 0.3) is 0 Å². The average molecular weight is 218 g/mol. The Labute approximate surface area is 85.6 Å². The molecular formula is C10H10FeS-2. The predicted octanol–water partition coefficient (Wildman–Crippen LogP) is 3.46. The molecule has 0 heterocycles. The smallest absolute Gasteiger partial charge is 0.172 e. The summed E-state index contributed by atoms with van der Waals surface area (Å²) in [5.41, 5.74) is 0. The summed E-state index contributed by atoms with van der Waals surface area (Å²) in [5, 5.41) is 0. The standard InChI is InChI=1S/2C5H5.Fe.S/c2*1-2-4-5-3-1;;/h2*1-5H;;/q2*-1;;. The molecule has 0 aliphatic heterocycles. The maximum Gasteiger partial charge on any atom is -0.172 e. The topological polar surface area (TPSA) is 0 Å². The van der Waals surface area contributed by atoms with Gasteiger partial charge in [0.15, 0.2) is 0 Å². The second-order valence-corrected chi connectivity index (χ2v) is 1.92. The number of hydrogen-bond donors (Lipinski definition) is 0. The van der Waals surface area contributed by atoms with Crippen LogP contribution in [0, 0.1) is 0 Å². The van der Waals surface area contributed by atoms with E-state index in [2.05, 4.69) is 24.9 Å². The fourth-order valence-electron chi connectivity index (χ4n) is 0.642. The van der Waals surface area contributed by atoms with Crippen LogP contribution < -0.4 is 0 Å². The van der Waals surface area contributed by atoms with Crippen LogP contribution in [0.3, 0.4) is 0 Å². The summed E-state index contributed by atoms with van der Waals surface area (Å²) < 4.78 is 0. The van der Waals surface area contributed by atoms with Crippen LogP contribution in [0.25, 0.3) is 0 Å². The third kappa shape index (κ3) is 7.55. The van der Waals surface area contributed by atoms with E-state index in [9.17, 15) is 0 Å². The van der Waals surface area contributed by atoms with Crippen LogP contribution in [-0.4, -0.2) is 0 Å². The summed E-state index contributed by atoms with van der Waals surface area (Å²) in [5.74, 6) is 0. The minimum absolute atomic E-state index is 2.00. The molecule has 12 heavy (non-hydrogen) atoms. The van der Waals surface area contributed by atoms with Gasteiger partial charge < -0.3 is 0 Å². The normalized spacial score (nSPS) is 7.08. The van der Waals surface area contributed by atoms with Crippen LogP contribution in [0.5, 0.6) is 0 Å². The van der Waals surface area contributed by atoms with Crippen LogP contribution in [0.15, 0.2) is 60.7 Å². The van der Waals surface area contributed by atoms with Gasteiger partial charge in [-0.15, -0.1) is 0 Å². The molecule has 0 aliphatic carbocycles. The minimum atomic E-state index is 2.00. The Hall–Kier alpha value is -0.561. The molecule has 0 aromatic heterocycles. The van der Waals surface area contributed by atoms with Crippen LogP contribution in [-0.2, 0) is 14.4 Å². The van der Waals surface area contributed by atoms with Crippen molar-refractivity contribution in [3.05, 3.63) is 60.7 Å². The molecule has 0 saturated carbocycles. The first-order valence-corrected chi connectivity index (χ1v) is 5.12. The molecular weight excluding hydrogens is 208 g/mol. The zero-order valence-corrected chi connectivity index (χ0v) is 8.46. The molecule has 0 bridgehead atoms. The van der Waals surface area contributed by atoms with Gasteiger partial charge in [-0.1, -0.05) is 0 Å². The van der Waals surface area contributed by atoms with Crippen molar-refractivity contribution in [2.75, 3.05) is 0 Å². The molecule has 0 radical (unpaired) electrons. The van der Waals surface area contributed by atoms with E-state index in [0.717, 1.165) is 0 Å². The van der Waals surface area contributed by atoms with Crippen molar-refractivity contribution >= 4 is 10.6 Å². The van der Waals surface area contributed by atoms with Crippen molar-refractivity contribution < 1.29 is 14.4 Å². The largest absolute Gasteiger partial charge is 0.214 e. The average Bonchev–Trinajstić information content (AvgIpc) is 2.87. The van der Waals surface area contributed by atoms with Gasteiger partial charge in [-0.2, -0.15) is 36.4 Å². The first kappa shape index (κ1) is 11.4. The molecule has 0 saturated heterocycles. The zero-order chi connectivity index (χ0) is 9.07. The van der Waals surface area contributed by atoms with Crippen molar-refractivity contribution in [3.63, 3.8) is 0 Å². The third-order valence-corrected chi connectivity index (χ3v) is 1.11. The molecule has 0 spiro atoms. The van der Waals surface area contributed by atoms with Crippen molar-refractivity contribution in [1.82, 2.24) is 0 Å². The second kappa shape index (κ2) is 10.4. The molecule has 0 fully saturated rings. The Balaban J connectivity index is 0.000000168. The molecule has 2 heteroatoms. The molecule has 0 nitrogen and oxygen atoms in total. The van der Waals surface area contributed by atoms with E-state index in [-0.39, 0.29) is 0 Å². The number of hydrogen-bond acceptors (Lipinski definition) is 1. The van der Waals surface area contributed by atoms with Gasteiger partial charge in [0.05, 0.1) is 0 Å². The van der Waals surface area contributed by atoms with E-state index >= 15 is 0 Å². The van der Waals surface area contributed by atoms with E-state index in [4.69, 9.17) is 0 Å². The summed E-state index contributed by atoms with van der Waals surface area (Å²) >= 11 is 2.83. The Morgan fingerprint density at radius 2 is 0.917 bits per heavy atom. The van der Waals surface area contributed by atoms with Gasteiger partial charge in [-0.3, -0.25) is 0 Å². The maximum atomic E-state index is 3.83. The second-order valence-electron chi connectivity index (χ2n) is 1.92. The Morgan fingerprint density at radius 3 is 1.00 bits per heavy atom. The Kier molecular flexibility index (Phi) is 9.95. The summed E-state index contributed by atoms with van der Waals surface area (Å²) in [6, 6.07) is 20.0. The summed E-state index contributed by atoms with van der Waals surface area (Å²) in [7, 11) is 3.83. The fourth-order valence-corrected chi connectivity index (χ4v) is 0.642. The van der Waals surface area contributed by atoms with Crippen LogP contribution in [0.2, 0.25) is 0 Å². The third-order valence-electron chi connectivity index (χ3n) is 1.11. The quantitative estimate of drug-likeness (QED) is 0.482. The van der Waals surface area contributed by atoms with E-state index < -0.39 is 0 Å². The van der Waals surface area contributed by atoms with Crippen molar-refractivity contribution in [3.8, 4) is 0 Å². The molecule has 2 rings (SSSR count). The molecule has 2 aromatic rings. The van der Waals surface area contributed by atoms with Gasteiger partial charge in [0.2, 0.25) is 0 Å². The van der Waals surface area contributed by atoms with Gasteiger partial charge >= 0.3 is 24.9 Å². The first-order chi connectivity index (χ1) is 6.00. The molecule has 0 amide bonds. The molecule has 2 aromatic carbocycles. The van der Waals surface area contributed by atoms with E-state index in [1.165, 1.54) is 0 Å². The van der Waals surface area contributed by atoms with Gasteiger partial charge in [0.1, 0.15) is 0 Å². The number of rotatable bonds is 0. The van der Waals surface area contributed by atoms with Crippen molar-refractivity contribution in [2.24, 2.45) is 0 Å². The van der Waals surface area contributed by atoms with E-state index in [0.29, 0.717) is 0 Å². The van der Waals surface area contributed by atoms with Gasteiger partial charge in [-0.05, 0) is 0 Å². The first-order valence-electron chi connectivity index (χ1n) is 3.48. The van der Waals surface area contributed by atoms with Crippen LogP contribution in [0.1, 0.15) is 0 Å². The molecule has 66 valence electrons. The minimum Gasteiger partial charge on any atom is -0.214 e. The zero-order valence-electron chi connectivity index (χ0n) is 6.54. The summed E-state index contributed by atoms with van der Waals surface area (Å²) in [6.45, 7) is 0. The summed E-state index contributed by atoms with van der Waals surface area (Å²) in [6.07, 6.45) is 0. The molecule has 0 aliphatic rings. The SMILES string of the molecule is [S]=[Fe].c1cc[cH-]c1.c1cc[cH-]c1. The van der Waals surface area contributed by atoms with Crippen LogP contribution >= 0.6 is 10.6 Å². The molecule has 0 atom stereocenters. The Morgan fingerprint density at radius 1 is 0.667 bits per heavy atom. The van der Waals surface area contributed by atoms with Crippen LogP contribution in [0.4, 0.5) is 0 Å². The van der Waals surface area contributed by atoms with E-state index in [1.54, 1.807) is 0 Å². The van der Waals surface area contributed by atoms with Crippen molar-refractivity contribution in [1.29, 1.82) is 0 Å². The monoisotopic (exact) mass is 218 g/mol. The molecule has 0 unspecified atom stereocenters.